The number of alkyl halides is 3. The number of rotatable bonds is 5. The Morgan fingerprint density at radius 3 is 2.60 bits per heavy atom. The summed E-state index contributed by atoms with van der Waals surface area (Å²) >= 11 is 5.69. The second-order valence-electron chi connectivity index (χ2n) is 7.25. The number of carbonyl (C=O) groups is 2. The van der Waals surface area contributed by atoms with Crippen molar-refractivity contribution < 1.29 is 27.9 Å². The molecule has 3 rings (SSSR count). The molecule has 1 aliphatic heterocycles. The average Bonchev–Trinajstić information content (AvgIpc) is 2.98. The molecule has 2 amide bonds. The maximum Gasteiger partial charge on any atom is 0.418 e. The molecule has 1 atom stereocenters. The number of pyridine rings is 1. The van der Waals surface area contributed by atoms with Crippen molar-refractivity contribution in [3.63, 3.8) is 0 Å². The third-order valence-electron chi connectivity index (χ3n) is 4.95. The lowest BCUT2D eigenvalue weighted by molar-refractivity contribution is -0.138. The van der Waals surface area contributed by atoms with Crippen LogP contribution in [0.1, 0.15) is 45.8 Å². The number of anilines is 1. The fourth-order valence-electron chi connectivity index (χ4n) is 3.44. The number of benzene rings is 1. The summed E-state index contributed by atoms with van der Waals surface area (Å²) in [6.45, 7) is 3.72. The van der Waals surface area contributed by atoms with Gasteiger partial charge in [0.05, 0.1) is 29.5 Å². The van der Waals surface area contributed by atoms with Crippen LogP contribution in [-0.4, -0.2) is 39.5 Å². The van der Waals surface area contributed by atoms with Gasteiger partial charge in [-0.25, -0.2) is 4.98 Å². The molecule has 0 spiro atoms. The highest BCUT2D eigenvalue weighted by atomic mass is 35.5. The van der Waals surface area contributed by atoms with Crippen molar-refractivity contribution >= 4 is 29.1 Å². The molecule has 1 aromatic heterocycles. The Kier molecular flexibility index (Phi) is 6.05. The van der Waals surface area contributed by atoms with Gasteiger partial charge in [0.2, 0.25) is 0 Å². The van der Waals surface area contributed by atoms with Gasteiger partial charge in [0, 0.05) is 6.54 Å². The minimum Gasteiger partial charge on any atom is -0.394 e. The van der Waals surface area contributed by atoms with Crippen molar-refractivity contribution in [1.82, 2.24) is 9.88 Å². The van der Waals surface area contributed by atoms with Crippen LogP contribution in [-0.2, 0) is 12.7 Å². The van der Waals surface area contributed by atoms with Gasteiger partial charge in [-0.3, -0.25) is 9.59 Å². The summed E-state index contributed by atoms with van der Waals surface area (Å²) in [6, 6.07) is 5.91. The average molecular weight is 442 g/mol. The molecule has 1 aromatic carbocycles. The highest BCUT2D eigenvalue weighted by Gasteiger charge is 2.38. The van der Waals surface area contributed by atoms with Crippen molar-refractivity contribution in [1.29, 1.82) is 0 Å². The van der Waals surface area contributed by atoms with Crippen LogP contribution < -0.4 is 5.32 Å². The summed E-state index contributed by atoms with van der Waals surface area (Å²) in [5, 5.41) is 11.8. The Balaban J connectivity index is 1.96. The molecule has 0 aliphatic carbocycles. The van der Waals surface area contributed by atoms with E-state index < -0.39 is 35.3 Å². The van der Waals surface area contributed by atoms with Gasteiger partial charge in [-0.2, -0.15) is 13.2 Å². The van der Waals surface area contributed by atoms with E-state index in [1.807, 2.05) is 13.8 Å². The molecule has 0 saturated carbocycles. The topological polar surface area (TPSA) is 82.5 Å². The molecule has 1 aliphatic rings. The largest absolute Gasteiger partial charge is 0.418 e. The van der Waals surface area contributed by atoms with Crippen molar-refractivity contribution in [2.45, 2.75) is 32.6 Å². The summed E-state index contributed by atoms with van der Waals surface area (Å²) in [5.74, 6) is -1.56. The minimum absolute atomic E-state index is 0.0173. The van der Waals surface area contributed by atoms with Crippen LogP contribution in [0.25, 0.3) is 0 Å². The fraction of sp³-hybridized carbons (Fsp3) is 0.350. The van der Waals surface area contributed by atoms with E-state index in [0.29, 0.717) is 11.6 Å². The molecule has 0 saturated heterocycles. The smallest absolute Gasteiger partial charge is 0.394 e. The predicted octanol–water partition coefficient (Wildman–Crippen LogP) is 3.98. The van der Waals surface area contributed by atoms with Crippen molar-refractivity contribution in [3.05, 3.63) is 57.9 Å². The monoisotopic (exact) mass is 441 g/mol. The van der Waals surface area contributed by atoms with Gasteiger partial charge in [-0.05, 0) is 29.7 Å². The molecule has 0 fully saturated rings. The molecular formula is C20H19ClF3N3O3. The highest BCUT2D eigenvalue weighted by molar-refractivity contribution is 6.29. The number of nitrogens with zero attached hydrogens (tertiary/aromatic N) is 2. The predicted molar refractivity (Wildman–Crippen MR) is 104 cm³/mol. The van der Waals surface area contributed by atoms with E-state index in [4.69, 9.17) is 11.6 Å². The first-order chi connectivity index (χ1) is 14.0. The number of aliphatic hydroxyl groups is 1. The summed E-state index contributed by atoms with van der Waals surface area (Å²) in [6.07, 6.45) is -4.80. The zero-order valence-electron chi connectivity index (χ0n) is 16.1. The Hall–Kier alpha value is -2.65. The van der Waals surface area contributed by atoms with Crippen LogP contribution >= 0.6 is 11.6 Å². The maximum absolute atomic E-state index is 13.3. The standard InChI is InChI=1S/C20H19ClF3N3O3/c1-10(2)14(9-28)27-8-11-4-3-5-13(16(11)19(27)30)25-18(29)17-12(20(22,23)24)6-7-15(21)26-17/h3-7,10,14,28H,8-9H2,1-2H3,(H,25,29). The van der Waals surface area contributed by atoms with E-state index in [9.17, 15) is 27.9 Å². The summed E-state index contributed by atoms with van der Waals surface area (Å²) < 4.78 is 39.8. The van der Waals surface area contributed by atoms with Crippen LogP contribution in [0, 0.1) is 5.92 Å². The number of aliphatic hydroxyl groups excluding tert-OH is 1. The van der Waals surface area contributed by atoms with Crippen molar-refractivity contribution in [2.75, 3.05) is 11.9 Å². The summed E-state index contributed by atoms with van der Waals surface area (Å²) in [7, 11) is 0. The van der Waals surface area contributed by atoms with Gasteiger partial charge < -0.3 is 15.3 Å². The van der Waals surface area contributed by atoms with Gasteiger partial charge in [0.25, 0.3) is 11.8 Å². The molecule has 30 heavy (non-hydrogen) atoms. The first-order valence-corrected chi connectivity index (χ1v) is 9.51. The quantitative estimate of drug-likeness (QED) is 0.688. The van der Waals surface area contributed by atoms with Crippen LogP contribution in [0.2, 0.25) is 5.15 Å². The molecule has 1 unspecified atom stereocenters. The molecule has 2 aromatic rings. The van der Waals surface area contributed by atoms with Crippen LogP contribution in [0.3, 0.4) is 0 Å². The van der Waals surface area contributed by atoms with E-state index in [-0.39, 0.29) is 35.5 Å². The maximum atomic E-state index is 13.3. The molecular weight excluding hydrogens is 423 g/mol. The van der Waals surface area contributed by atoms with Crippen LogP contribution in [0.15, 0.2) is 30.3 Å². The second kappa shape index (κ2) is 8.23. The van der Waals surface area contributed by atoms with E-state index in [2.05, 4.69) is 10.3 Å². The zero-order valence-corrected chi connectivity index (χ0v) is 16.9. The van der Waals surface area contributed by atoms with Crippen LogP contribution in [0.4, 0.5) is 18.9 Å². The number of aromatic nitrogens is 1. The van der Waals surface area contributed by atoms with Crippen molar-refractivity contribution in [2.24, 2.45) is 5.92 Å². The van der Waals surface area contributed by atoms with Crippen LogP contribution in [0.5, 0.6) is 0 Å². The molecule has 10 heteroatoms. The zero-order chi connectivity index (χ0) is 22.2. The lowest BCUT2D eigenvalue weighted by Gasteiger charge is -2.29. The Morgan fingerprint density at radius 1 is 1.30 bits per heavy atom. The van der Waals surface area contributed by atoms with E-state index >= 15 is 0 Å². The highest BCUT2D eigenvalue weighted by Crippen LogP contribution is 2.34. The molecule has 160 valence electrons. The van der Waals surface area contributed by atoms with Gasteiger partial charge in [-0.1, -0.05) is 37.6 Å². The third kappa shape index (κ3) is 4.13. The number of fused-ring (bicyclic) bond motifs is 1. The van der Waals surface area contributed by atoms with Gasteiger partial charge in [-0.15, -0.1) is 0 Å². The first-order valence-electron chi connectivity index (χ1n) is 9.13. The minimum atomic E-state index is -4.80. The normalized spacial score (nSPS) is 14.8. The number of carbonyl (C=O) groups excluding carboxylic acids is 2. The number of nitrogens with one attached hydrogen (secondary N) is 1. The van der Waals surface area contributed by atoms with Gasteiger partial charge >= 0.3 is 6.18 Å². The fourth-order valence-corrected chi connectivity index (χ4v) is 3.59. The van der Waals surface area contributed by atoms with Crippen molar-refractivity contribution in [3.8, 4) is 0 Å². The summed E-state index contributed by atoms with van der Waals surface area (Å²) in [5.41, 5.74) is -1.26. The Labute approximate surface area is 175 Å². The number of hydrogen-bond acceptors (Lipinski definition) is 4. The molecule has 6 nitrogen and oxygen atoms in total. The number of hydrogen-bond donors (Lipinski definition) is 2. The number of halogens is 4. The molecule has 0 bridgehead atoms. The number of amides is 2. The first kappa shape index (κ1) is 22.0. The molecule has 0 radical (unpaired) electrons. The summed E-state index contributed by atoms with van der Waals surface area (Å²) in [4.78, 5) is 30.6. The third-order valence-corrected chi connectivity index (χ3v) is 5.16. The Bertz CT molecular complexity index is 995. The Morgan fingerprint density at radius 2 is 2.00 bits per heavy atom. The SMILES string of the molecule is CC(C)C(CO)N1Cc2cccc(NC(=O)c3nc(Cl)ccc3C(F)(F)F)c2C1=O. The lowest BCUT2D eigenvalue weighted by atomic mass is 10.0. The molecule has 2 heterocycles. The van der Waals surface area contributed by atoms with Gasteiger partial charge in [0.1, 0.15) is 10.8 Å². The van der Waals surface area contributed by atoms with Gasteiger partial charge in [0.15, 0.2) is 0 Å². The van der Waals surface area contributed by atoms with E-state index in [0.717, 1.165) is 6.07 Å². The van der Waals surface area contributed by atoms with E-state index in [1.165, 1.54) is 11.0 Å². The molecule has 2 N–H and O–H groups in total. The van der Waals surface area contributed by atoms with E-state index in [1.54, 1.807) is 12.1 Å². The lowest BCUT2D eigenvalue weighted by Crippen LogP contribution is -2.41. The second-order valence-corrected chi connectivity index (χ2v) is 7.64.